The second-order valence-corrected chi connectivity index (χ2v) is 38.2. The van der Waals surface area contributed by atoms with Gasteiger partial charge in [-0.25, -0.2) is 14.5 Å². The Morgan fingerprint density at radius 2 is 0.536 bits per heavy atom. The highest BCUT2D eigenvalue weighted by Crippen LogP contribution is 2.46. The molecule has 0 atom stereocenters. The van der Waals surface area contributed by atoms with Gasteiger partial charge in [0.05, 0.1) is 70.6 Å². The van der Waals surface area contributed by atoms with Gasteiger partial charge in [0.2, 0.25) is 33.6 Å². The van der Waals surface area contributed by atoms with Crippen molar-refractivity contribution in [3.05, 3.63) is 440 Å². The van der Waals surface area contributed by atoms with Crippen molar-refractivity contribution in [1.29, 1.82) is 10.5 Å². The lowest BCUT2D eigenvalue weighted by Crippen LogP contribution is -2.53. The zero-order valence-corrected chi connectivity index (χ0v) is 74.9. The zero-order chi connectivity index (χ0) is 92.0. The smallest absolute Gasteiger partial charge is 0.248 e. The van der Waals surface area contributed by atoms with Crippen LogP contribution in [0.1, 0.15) is 11.1 Å². The summed E-state index contributed by atoms with van der Waals surface area (Å²) in [5, 5.41) is 32.0. The molecule has 0 saturated heterocycles. The van der Waals surface area contributed by atoms with Crippen molar-refractivity contribution < 1.29 is 0 Å². The monoisotopic (exact) mass is 1760 g/mol. The highest BCUT2D eigenvalue weighted by molar-refractivity contribution is 7.05. The van der Waals surface area contributed by atoms with Crippen molar-refractivity contribution in [3.63, 3.8) is 0 Å². The SMILES string of the molecule is N#Cc1ccc2c(c1)-c1cccc3c1B2c1cccc2c4ccccc4n-3c12.N#Cc1cccc2c1-c1cccc3c1B2c1cccc2c4ccccc4n-3c12.[C-]#[N+]c1ccc2c(c1)B1c3c-2cccc3-n2c3ccccc3c3cccc1c32.[C-]#[N+]c1ccc2c3ccccc3n3c2c1B1c2ccccc2-c2cccc-3c21.[C-]#[N+]c1cccc2c1B1c3c-2cccc3-n2c3ccccc3c3cccc1c32. The van der Waals surface area contributed by atoms with Crippen LogP contribution in [0.5, 0.6) is 0 Å². The molecule has 20 aromatic carbocycles. The number of nitrogens with zero attached hydrogens (tertiary/aromatic N) is 10. The molecule has 0 fully saturated rings. The molecule has 0 saturated carbocycles. The van der Waals surface area contributed by atoms with Crippen LogP contribution in [0, 0.1) is 42.4 Å². The molecule has 10 aliphatic heterocycles. The molecule has 15 heteroatoms. The number of aromatic nitrogens is 5. The van der Waals surface area contributed by atoms with Gasteiger partial charge < -0.3 is 22.8 Å². The van der Waals surface area contributed by atoms with Gasteiger partial charge in [0.25, 0.3) is 0 Å². The average molecular weight is 1760 g/mol. The van der Waals surface area contributed by atoms with E-state index in [1.165, 1.54) is 264 Å². The van der Waals surface area contributed by atoms with Crippen molar-refractivity contribution in [2.75, 3.05) is 0 Å². The minimum Gasteiger partial charge on any atom is -0.311 e. The Labute approximate surface area is 805 Å². The number of hydrogen-bond donors (Lipinski definition) is 0. The molecule has 15 heterocycles. The van der Waals surface area contributed by atoms with Gasteiger partial charge in [0.1, 0.15) is 0 Å². The zero-order valence-electron chi connectivity index (χ0n) is 74.9. The standard InChI is InChI=1S/5C25H13BN2/c1-27-20-14-13-18-16-8-3-5-11-21(16)28-22-12-6-9-17-15-7-2-4-10-19(15)26(23(17)22)24(20)25(18)28;1-27-20-12-5-8-16-17-9-6-14-22-24(17)26(23(16)20)19-11-4-10-18-15-7-2-3-13-21(15)28(22)25(18)19;1-27-15-12-13-16-18-7-5-11-23-24(18)26(21(16)14-15)20-9-4-8-19-17-6-2-3-10-22(17)28(23)25(19)20;27-14-15-6-3-10-19-23(15)18-9-5-13-22-24(18)26(19)20-11-4-8-17-16-7-1-2-12-21(16)28(22)25(17)20;27-14-15-11-12-20-19(13-15)17-6-4-10-23-24(17)26(20)21-8-3-7-18-16-5-1-2-9-22(16)28(23)25(18)21/h3*2-14H;2*1-13H. The lowest BCUT2D eigenvalue weighted by molar-refractivity contribution is 1.19. The van der Waals surface area contributed by atoms with Crippen LogP contribution in [-0.2, 0) is 0 Å². The van der Waals surface area contributed by atoms with Crippen LogP contribution >= 0.6 is 0 Å². The Balaban J connectivity index is 0.0000000806. The Kier molecular flexibility index (Phi) is 15.4. The van der Waals surface area contributed by atoms with E-state index in [2.05, 4.69) is 401 Å². The van der Waals surface area contributed by atoms with Gasteiger partial charge in [-0.2, -0.15) is 10.5 Å². The van der Waals surface area contributed by atoms with Crippen LogP contribution in [0.15, 0.2) is 394 Å². The van der Waals surface area contributed by atoms with Crippen LogP contribution in [0.2, 0.25) is 0 Å². The van der Waals surface area contributed by atoms with Crippen LogP contribution in [0.3, 0.4) is 0 Å². The van der Waals surface area contributed by atoms with Crippen LogP contribution in [0.4, 0.5) is 17.1 Å². The number of hydrogen-bond acceptors (Lipinski definition) is 2. The maximum atomic E-state index is 9.74. The second-order valence-electron chi connectivity index (χ2n) is 38.2. The average Bonchev–Trinajstić information content (AvgIpc) is 1.54. The summed E-state index contributed by atoms with van der Waals surface area (Å²) in [6.45, 7) is 24.0. The van der Waals surface area contributed by atoms with E-state index < -0.39 is 0 Å². The predicted octanol–water partition coefficient (Wildman–Crippen LogP) is 19.4. The van der Waals surface area contributed by atoms with Crippen molar-refractivity contribution in [3.8, 4) is 96.2 Å². The second kappa shape index (κ2) is 28.2. The van der Waals surface area contributed by atoms with Gasteiger partial charge in [-0.1, -0.05) is 343 Å². The minimum atomic E-state index is 0.131. The van der Waals surface area contributed by atoms with E-state index in [1.54, 1.807) is 0 Å². The highest BCUT2D eigenvalue weighted by atomic mass is 15.0. The van der Waals surface area contributed by atoms with Crippen molar-refractivity contribution in [2.45, 2.75) is 0 Å². The van der Waals surface area contributed by atoms with Crippen molar-refractivity contribution >= 4 is 242 Å². The molecule has 630 valence electrons. The molecule has 0 unspecified atom stereocenters. The van der Waals surface area contributed by atoms with E-state index in [0.29, 0.717) is 5.69 Å². The predicted molar refractivity (Wildman–Crippen MR) is 583 cm³/mol. The van der Waals surface area contributed by atoms with Crippen LogP contribution < -0.4 is 81.9 Å². The third-order valence-electron chi connectivity index (χ3n) is 32.2. The first-order chi connectivity index (χ1) is 69.4. The molecule has 0 bridgehead atoms. The molecule has 0 amide bonds. The number of benzene rings is 20. The van der Waals surface area contributed by atoms with E-state index in [0.717, 1.165) is 33.5 Å². The van der Waals surface area contributed by atoms with Crippen molar-refractivity contribution in [2.24, 2.45) is 0 Å². The Hall–Kier alpha value is -18.8. The Morgan fingerprint density at radius 3 is 1.01 bits per heavy atom. The van der Waals surface area contributed by atoms with E-state index in [9.17, 15) is 10.5 Å². The third-order valence-corrected chi connectivity index (χ3v) is 32.2. The van der Waals surface area contributed by atoms with Crippen molar-refractivity contribution in [1.82, 2.24) is 22.8 Å². The topological polar surface area (TPSA) is 85.3 Å². The highest BCUT2D eigenvalue weighted by Gasteiger charge is 2.48. The summed E-state index contributed by atoms with van der Waals surface area (Å²) in [4.78, 5) is 11.5. The molecule has 10 nitrogen and oxygen atoms in total. The largest absolute Gasteiger partial charge is 0.311 e. The number of nitriles is 2. The fourth-order valence-corrected chi connectivity index (χ4v) is 27.2. The molecule has 10 aliphatic rings. The third kappa shape index (κ3) is 9.70. The normalized spacial score (nSPS) is 12.9. The van der Waals surface area contributed by atoms with E-state index in [-0.39, 0.29) is 33.6 Å². The van der Waals surface area contributed by atoms with E-state index in [4.69, 9.17) is 19.7 Å². The first kappa shape index (κ1) is 76.6. The molecule has 35 rings (SSSR count). The van der Waals surface area contributed by atoms with Gasteiger partial charge in [-0.15, -0.1) is 0 Å². The van der Waals surface area contributed by atoms with Gasteiger partial charge in [-0.05, 0) is 189 Å². The number of fused-ring (bicyclic) bond motifs is 40. The first-order valence-electron chi connectivity index (χ1n) is 47.8. The molecular weight excluding hydrogens is 1700 g/mol. The van der Waals surface area contributed by atoms with Gasteiger partial charge in [0.15, 0.2) is 17.1 Å². The van der Waals surface area contributed by atoms with Crippen LogP contribution in [0.25, 0.3) is 208 Å². The summed E-state index contributed by atoms with van der Waals surface area (Å²) in [5.41, 5.74) is 54.6. The molecule has 0 spiro atoms. The van der Waals surface area contributed by atoms with Gasteiger partial charge in [-0.3, -0.25) is 0 Å². The Bertz CT molecular complexity index is 10300. The molecule has 140 heavy (non-hydrogen) atoms. The first-order valence-corrected chi connectivity index (χ1v) is 47.8. The fraction of sp³-hybridized carbons (Fsp3) is 0. The molecule has 0 N–H and O–H groups in total. The summed E-state index contributed by atoms with van der Waals surface area (Å²) in [5.74, 6) is 0. The number of para-hydroxylation sites is 9. The quantitative estimate of drug-likeness (QED) is 0.112. The van der Waals surface area contributed by atoms with Gasteiger partial charge in [0, 0.05) is 110 Å². The lowest BCUT2D eigenvalue weighted by atomic mass is 9.37. The molecular formula is C125H65B5N10. The maximum Gasteiger partial charge on any atom is 0.248 e. The molecule has 0 radical (unpaired) electrons. The fourth-order valence-electron chi connectivity index (χ4n) is 27.2. The summed E-state index contributed by atoms with van der Waals surface area (Å²) in [7, 11) is 0. The number of rotatable bonds is 0. The summed E-state index contributed by atoms with van der Waals surface area (Å²) in [6, 6.07) is 145. The van der Waals surface area contributed by atoms with E-state index >= 15 is 0 Å². The van der Waals surface area contributed by atoms with Gasteiger partial charge >= 0.3 is 0 Å². The molecule has 5 aromatic heterocycles. The summed E-state index contributed by atoms with van der Waals surface area (Å²) in [6.07, 6.45) is 0. The van der Waals surface area contributed by atoms with E-state index in [1.807, 2.05) is 42.5 Å². The van der Waals surface area contributed by atoms with Crippen LogP contribution in [-0.4, -0.2) is 56.4 Å². The summed E-state index contributed by atoms with van der Waals surface area (Å²) < 4.78 is 12.1. The maximum absolute atomic E-state index is 9.74. The minimum absolute atomic E-state index is 0.131. The lowest BCUT2D eigenvalue weighted by Gasteiger charge is -2.25. The molecule has 0 aliphatic carbocycles. The molecule has 25 aromatic rings. The summed E-state index contributed by atoms with van der Waals surface area (Å²) >= 11 is 0. The Morgan fingerprint density at radius 1 is 0.207 bits per heavy atom.